The summed E-state index contributed by atoms with van der Waals surface area (Å²) >= 11 is 6.51. The Kier molecular flexibility index (Phi) is 5.85. The van der Waals surface area contributed by atoms with Crippen molar-refractivity contribution in [1.82, 2.24) is 4.57 Å². The molecule has 0 radical (unpaired) electrons. The maximum Gasteiger partial charge on any atom is 0.197 e. The number of ether oxygens (including phenoxy) is 1. The first-order chi connectivity index (χ1) is 14.9. The summed E-state index contributed by atoms with van der Waals surface area (Å²) in [6.07, 6.45) is 1.84. The van der Waals surface area contributed by atoms with Gasteiger partial charge in [0, 0.05) is 48.2 Å². The summed E-state index contributed by atoms with van der Waals surface area (Å²) in [5.74, 6) is 0.595. The zero-order chi connectivity index (χ0) is 22.1. The molecule has 4 rings (SSSR count). The van der Waals surface area contributed by atoms with Crippen molar-refractivity contribution in [2.45, 2.75) is 12.1 Å². The lowest BCUT2D eigenvalue weighted by atomic mass is 9.98. The average molecular weight is 437 g/mol. The van der Waals surface area contributed by atoms with Crippen molar-refractivity contribution in [3.8, 4) is 5.75 Å². The number of benzodiazepines with no additional fused rings is 1. The van der Waals surface area contributed by atoms with Crippen LogP contribution in [0.25, 0.3) is 0 Å². The van der Waals surface area contributed by atoms with Gasteiger partial charge in [-0.15, -0.1) is 0 Å². The van der Waals surface area contributed by atoms with Crippen LogP contribution in [0.2, 0.25) is 5.02 Å². The number of halogens is 1. The molecule has 2 atom stereocenters. The van der Waals surface area contributed by atoms with E-state index in [9.17, 15) is 4.79 Å². The Morgan fingerprint density at radius 3 is 2.61 bits per heavy atom. The largest absolute Gasteiger partial charge is 0.497 e. The van der Waals surface area contributed by atoms with Gasteiger partial charge in [-0.05, 0) is 30.3 Å². The minimum absolute atomic E-state index is 0.120. The van der Waals surface area contributed by atoms with Crippen molar-refractivity contribution in [3.05, 3.63) is 82.6 Å². The molecule has 1 aliphatic rings. The average Bonchev–Trinajstić information content (AvgIpc) is 3.15. The van der Waals surface area contributed by atoms with Crippen LogP contribution in [0.1, 0.15) is 21.6 Å². The molecule has 0 amide bonds. The van der Waals surface area contributed by atoms with E-state index in [4.69, 9.17) is 27.1 Å². The molecule has 0 saturated heterocycles. The Hall–Kier alpha value is -3.09. The molecular formula is C24H25ClN4O2. The minimum atomic E-state index is -0.757. The highest BCUT2D eigenvalue weighted by atomic mass is 35.5. The topological polar surface area (TPSA) is 72.8 Å². The van der Waals surface area contributed by atoms with E-state index >= 15 is 0 Å². The molecule has 6 nitrogen and oxygen atoms in total. The first-order valence-electron chi connectivity index (χ1n) is 10.0. The van der Waals surface area contributed by atoms with Crippen molar-refractivity contribution in [1.29, 1.82) is 0 Å². The highest BCUT2D eigenvalue weighted by molar-refractivity contribution is 6.35. The normalized spacial score (nSPS) is 16.9. The summed E-state index contributed by atoms with van der Waals surface area (Å²) in [5, 5.41) is 0.619. The molecule has 2 unspecified atom stereocenters. The predicted molar refractivity (Wildman–Crippen MR) is 125 cm³/mol. The third kappa shape index (κ3) is 3.84. The number of hydrogen-bond acceptors (Lipinski definition) is 5. The summed E-state index contributed by atoms with van der Waals surface area (Å²) < 4.78 is 7.24. The fraction of sp³-hybridized carbons (Fsp3) is 0.250. The number of carbonyl (C=O) groups is 1. The molecule has 160 valence electrons. The first-order valence-corrected chi connectivity index (χ1v) is 10.4. The fourth-order valence-corrected chi connectivity index (χ4v) is 4.23. The second-order valence-electron chi connectivity index (χ2n) is 7.62. The zero-order valence-electron chi connectivity index (χ0n) is 17.7. The predicted octanol–water partition coefficient (Wildman–Crippen LogP) is 3.55. The number of aliphatic imine (C=N–C) groups is 1. The van der Waals surface area contributed by atoms with Gasteiger partial charge in [-0.1, -0.05) is 29.8 Å². The van der Waals surface area contributed by atoms with E-state index < -0.39 is 6.04 Å². The second-order valence-corrected chi connectivity index (χ2v) is 8.03. The van der Waals surface area contributed by atoms with E-state index in [1.807, 2.05) is 73.7 Å². The number of methoxy groups -OCH3 is 1. The van der Waals surface area contributed by atoms with Crippen LogP contribution >= 0.6 is 11.6 Å². The van der Waals surface area contributed by atoms with E-state index in [0.29, 0.717) is 23.0 Å². The van der Waals surface area contributed by atoms with Crippen molar-refractivity contribution in [2.24, 2.45) is 17.8 Å². The molecule has 7 heteroatoms. The Bertz CT molecular complexity index is 1150. The van der Waals surface area contributed by atoms with Crippen molar-refractivity contribution < 1.29 is 9.53 Å². The fourth-order valence-electron chi connectivity index (χ4n) is 4.00. The van der Waals surface area contributed by atoms with Crippen LogP contribution in [0.4, 0.5) is 5.69 Å². The van der Waals surface area contributed by atoms with Gasteiger partial charge >= 0.3 is 0 Å². The molecule has 0 saturated carbocycles. The molecule has 2 N–H and O–H groups in total. The number of benzene rings is 2. The number of fused-ring (bicyclic) bond motifs is 1. The van der Waals surface area contributed by atoms with Gasteiger partial charge in [0.1, 0.15) is 5.75 Å². The van der Waals surface area contributed by atoms with Crippen LogP contribution in [0.3, 0.4) is 0 Å². The summed E-state index contributed by atoms with van der Waals surface area (Å²) in [6, 6.07) is 16.0. The Balaban J connectivity index is 1.81. The first kappa shape index (κ1) is 21.2. The molecule has 0 bridgehead atoms. The summed E-state index contributed by atoms with van der Waals surface area (Å²) in [6.45, 7) is 0.353. The van der Waals surface area contributed by atoms with Crippen molar-refractivity contribution >= 4 is 28.8 Å². The lowest BCUT2D eigenvalue weighted by Crippen LogP contribution is -2.52. The van der Waals surface area contributed by atoms with Crippen LogP contribution in [-0.4, -0.2) is 48.8 Å². The Morgan fingerprint density at radius 1 is 1.16 bits per heavy atom. The van der Waals surface area contributed by atoms with Crippen LogP contribution < -0.4 is 15.4 Å². The number of nitrogens with zero attached hydrogens (tertiary/aromatic N) is 3. The van der Waals surface area contributed by atoms with E-state index in [-0.39, 0.29) is 11.8 Å². The maximum absolute atomic E-state index is 13.2. The zero-order valence-corrected chi connectivity index (χ0v) is 18.5. The van der Waals surface area contributed by atoms with Crippen LogP contribution in [0.5, 0.6) is 5.75 Å². The monoisotopic (exact) mass is 436 g/mol. The quantitative estimate of drug-likeness (QED) is 0.621. The van der Waals surface area contributed by atoms with Crippen LogP contribution in [0, 0.1) is 0 Å². The van der Waals surface area contributed by atoms with Crippen LogP contribution in [0.15, 0.2) is 65.8 Å². The van der Waals surface area contributed by atoms with E-state index in [2.05, 4.69) is 0 Å². The van der Waals surface area contributed by atoms with Gasteiger partial charge in [-0.25, -0.2) is 0 Å². The maximum atomic E-state index is 13.2. The van der Waals surface area contributed by atoms with E-state index in [1.165, 1.54) is 0 Å². The lowest BCUT2D eigenvalue weighted by molar-refractivity contribution is 0.0941. The molecule has 0 spiro atoms. The highest BCUT2D eigenvalue weighted by Crippen LogP contribution is 2.33. The Labute approximate surface area is 186 Å². The smallest absolute Gasteiger partial charge is 0.197 e. The number of rotatable bonds is 5. The van der Waals surface area contributed by atoms with Crippen molar-refractivity contribution in [3.63, 3.8) is 0 Å². The molecule has 31 heavy (non-hydrogen) atoms. The summed E-state index contributed by atoms with van der Waals surface area (Å²) in [7, 11) is 5.40. The summed E-state index contributed by atoms with van der Waals surface area (Å²) in [4.78, 5) is 20.1. The van der Waals surface area contributed by atoms with Gasteiger partial charge in [0.2, 0.25) is 0 Å². The van der Waals surface area contributed by atoms with E-state index in [0.717, 1.165) is 22.5 Å². The number of anilines is 1. The third-order valence-corrected chi connectivity index (χ3v) is 6.15. The van der Waals surface area contributed by atoms with Gasteiger partial charge in [-0.3, -0.25) is 9.79 Å². The molecule has 0 fully saturated rings. The number of ketones is 1. The number of carbonyl (C=O) groups excluding carboxylic acids is 1. The third-order valence-electron chi connectivity index (χ3n) is 5.82. The molecule has 2 aromatic carbocycles. The molecule has 2 heterocycles. The minimum Gasteiger partial charge on any atom is -0.497 e. The number of likely N-dealkylation sites (N-methyl/N-ethyl adjacent to an activating group) is 1. The standard InChI is InChI=1S/C24H25ClN4O2/c1-28-12-6-9-19(28)24(30)22(26)21-14-27-23(16-7-4-5-8-18(16)25)17-11-10-15(31-3)13-20(17)29(21)2/h4-13,21-22H,14,26H2,1-3H3. The van der Waals surface area contributed by atoms with Gasteiger partial charge < -0.3 is 19.9 Å². The second kappa shape index (κ2) is 8.57. The van der Waals surface area contributed by atoms with Gasteiger partial charge in [-0.2, -0.15) is 0 Å². The number of aryl methyl sites for hydroxylation is 1. The SMILES string of the molecule is COc1ccc2c(c1)N(C)C(C(N)C(=O)c1cccn1C)CN=C2c1ccccc1Cl. The number of Topliss-reactive ketones (excluding diaryl/α,β-unsaturated/α-hetero) is 1. The molecular weight excluding hydrogens is 412 g/mol. The number of aromatic nitrogens is 1. The van der Waals surface area contributed by atoms with Crippen LogP contribution in [-0.2, 0) is 7.05 Å². The molecule has 3 aromatic rings. The lowest BCUT2D eigenvalue weighted by Gasteiger charge is -2.32. The Morgan fingerprint density at radius 2 is 1.94 bits per heavy atom. The van der Waals surface area contributed by atoms with Gasteiger partial charge in [0.25, 0.3) is 0 Å². The number of hydrogen-bond donors (Lipinski definition) is 1. The molecule has 0 aliphatic carbocycles. The van der Waals surface area contributed by atoms with Gasteiger partial charge in [0.15, 0.2) is 5.78 Å². The number of nitrogens with two attached hydrogens (primary N) is 1. The highest BCUT2D eigenvalue weighted by Gasteiger charge is 2.33. The van der Waals surface area contributed by atoms with E-state index in [1.54, 1.807) is 17.7 Å². The molecule has 1 aromatic heterocycles. The summed E-state index contributed by atoms with van der Waals surface area (Å²) in [5.41, 5.74) is 10.5. The van der Waals surface area contributed by atoms with Gasteiger partial charge in [0.05, 0.1) is 37.1 Å². The molecule has 1 aliphatic heterocycles. The van der Waals surface area contributed by atoms with Crippen molar-refractivity contribution in [2.75, 3.05) is 25.6 Å².